The molecule has 5 rings (SSSR count). The van der Waals surface area contributed by atoms with Gasteiger partial charge in [-0.05, 0) is 61.9 Å². The Morgan fingerprint density at radius 1 is 0.940 bits per heavy atom. The number of esters is 1. The molecule has 11 heteroatoms. The predicted octanol–water partition coefficient (Wildman–Crippen LogP) is 8.59. The van der Waals surface area contributed by atoms with E-state index in [2.05, 4.69) is 10.2 Å². The van der Waals surface area contributed by atoms with Crippen molar-refractivity contribution in [2.24, 2.45) is 5.92 Å². The molecule has 0 saturated carbocycles. The van der Waals surface area contributed by atoms with E-state index in [0.717, 1.165) is 21.6 Å². The number of fused-ring (bicyclic) bond motifs is 1. The lowest BCUT2D eigenvalue weighted by molar-refractivity contribution is -0.153. The van der Waals surface area contributed by atoms with E-state index in [-0.39, 0.29) is 48.2 Å². The maximum absolute atomic E-state index is 15.0. The Bertz CT molecular complexity index is 2020. The molecule has 5 aromatic rings. The lowest BCUT2D eigenvalue weighted by Gasteiger charge is -2.25. The Labute approximate surface area is 301 Å². The number of hydrogen-bond donors (Lipinski definition) is 1. The van der Waals surface area contributed by atoms with Crippen molar-refractivity contribution in [1.29, 1.82) is 0 Å². The van der Waals surface area contributed by atoms with Crippen LogP contribution < -0.4 is 10.7 Å². The Morgan fingerprint density at radius 3 is 2.18 bits per heavy atom. The first-order valence-electron chi connectivity index (χ1n) is 16.2. The minimum atomic E-state index is -1.01. The Kier molecular flexibility index (Phi) is 12.4. The Hall–Kier alpha value is -4.38. The second kappa shape index (κ2) is 16.1. The van der Waals surface area contributed by atoms with Gasteiger partial charge in [-0.2, -0.15) is 0 Å². The molecular weight excluding hydrogens is 680 g/mol. The number of anilines is 1. The summed E-state index contributed by atoms with van der Waals surface area (Å²) in [4.78, 5) is 42.3. The van der Waals surface area contributed by atoms with Crippen LogP contribution in [0.1, 0.15) is 56.9 Å². The number of ether oxygens (including phenoxy) is 1. The number of nitrogens with zero attached hydrogens (tertiary/aromatic N) is 2. The topological polar surface area (TPSA) is 80.6 Å². The van der Waals surface area contributed by atoms with Gasteiger partial charge in [-0.25, -0.2) is 8.78 Å². The van der Waals surface area contributed by atoms with E-state index in [4.69, 9.17) is 4.74 Å². The highest BCUT2D eigenvalue weighted by molar-refractivity contribution is 7.22. The predicted molar refractivity (Wildman–Crippen MR) is 199 cm³/mol. The summed E-state index contributed by atoms with van der Waals surface area (Å²) in [5.74, 6) is -2.13. The number of pyridine rings is 1. The van der Waals surface area contributed by atoms with Crippen molar-refractivity contribution >= 4 is 51.5 Å². The summed E-state index contributed by atoms with van der Waals surface area (Å²) in [6.45, 7) is 9.28. The number of nitrogens with one attached hydrogen (secondary N) is 1. The van der Waals surface area contributed by atoms with Crippen LogP contribution in [0.2, 0.25) is 0 Å². The van der Waals surface area contributed by atoms with Crippen LogP contribution in [0.15, 0.2) is 83.8 Å². The standard InChI is InChI=1S/C39H41F2N3O4S.ClH/c1-24(2)37(47)42-29-17-15-27(16-18-29)36-31(22-43(6)20-26-11-8-7-9-12-26)34-35(46)28(19-39(4,5)48-25(3)45)21-44(38(34)49-36)23-30-32(40)13-10-14-33(30)41;/h7-18,21,24H,19-20,22-23H2,1-6H3,(H,42,47);1H. The first-order valence-corrected chi connectivity index (χ1v) is 17.0. The van der Waals surface area contributed by atoms with Crippen LogP contribution >= 0.6 is 23.7 Å². The van der Waals surface area contributed by atoms with Gasteiger partial charge >= 0.3 is 5.97 Å². The zero-order valence-electron chi connectivity index (χ0n) is 29.0. The third kappa shape index (κ3) is 9.04. The average Bonchev–Trinajstić information content (AvgIpc) is 3.40. The van der Waals surface area contributed by atoms with Gasteiger partial charge in [-0.15, -0.1) is 23.7 Å². The molecule has 50 heavy (non-hydrogen) atoms. The van der Waals surface area contributed by atoms with Crippen molar-refractivity contribution < 1.29 is 23.1 Å². The molecule has 0 unspecified atom stereocenters. The van der Waals surface area contributed by atoms with E-state index < -0.39 is 23.2 Å². The fourth-order valence-electron chi connectivity index (χ4n) is 5.93. The summed E-state index contributed by atoms with van der Waals surface area (Å²) in [7, 11) is 1.98. The molecule has 2 aromatic heterocycles. The Morgan fingerprint density at radius 2 is 1.58 bits per heavy atom. The molecule has 0 atom stereocenters. The van der Waals surface area contributed by atoms with Gasteiger partial charge in [0.25, 0.3) is 0 Å². The molecule has 0 fully saturated rings. The van der Waals surface area contributed by atoms with E-state index in [1.165, 1.54) is 36.5 Å². The van der Waals surface area contributed by atoms with Crippen molar-refractivity contribution in [3.05, 3.63) is 123 Å². The van der Waals surface area contributed by atoms with Gasteiger partial charge in [0.05, 0.1) is 11.9 Å². The summed E-state index contributed by atoms with van der Waals surface area (Å²) >= 11 is 1.38. The van der Waals surface area contributed by atoms with Crippen molar-refractivity contribution in [3.63, 3.8) is 0 Å². The fraction of sp³-hybridized carbons (Fsp3) is 0.308. The van der Waals surface area contributed by atoms with Crippen LogP contribution in [-0.4, -0.2) is 34.0 Å². The number of hydrogen-bond acceptors (Lipinski definition) is 6. The summed E-state index contributed by atoms with van der Waals surface area (Å²) in [5.41, 5.74) is 2.35. The molecule has 0 aliphatic rings. The van der Waals surface area contributed by atoms with Crippen LogP contribution in [-0.2, 0) is 40.4 Å². The third-order valence-electron chi connectivity index (χ3n) is 8.17. The van der Waals surface area contributed by atoms with E-state index in [1.54, 1.807) is 24.6 Å². The molecule has 7 nitrogen and oxygen atoms in total. The molecule has 0 aliphatic heterocycles. The molecule has 0 spiro atoms. The molecule has 2 heterocycles. The highest BCUT2D eigenvalue weighted by Crippen LogP contribution is 2.39. The van der Waals surface area contributed by atoms with Gasteiger partial charge in [0.2, 0.25) is 5.91 Å². The van der Waals surface area contributed by atoms with Crippen LogP contribution in [0.3, 0.4) is 0 Å². The number of carbonyl (C=O) groups excluding carboxylic acids is 2. The molecule has 0 aliphatic carbocycles. The number of carbonyl (C=O) groups is 2. The molecule has 0 bridgehead atoms. The highest BCUT2D eigenvalue weighted by Gasteiger charge is 2.28. The first-order chi connectivity index (χ1) is 23.2. The van der Waals surface area contributed by atoms with Gasteiger partial charge < -0.3 is 14.6 Å². The molecule has 1 amide bonds. The summed E-state index contributed by atoms with van der Waals surface area (Å²) in [5, 5.41) is 3.36. The second-order valence-corrected chi connectivity index (χ2v) is 14.3. The lowest BCUT2D eigenvalue weighted by atomic mass is 9.97. The average molecular weight is 722 g/mol. The van der Waals surface area contributed by atoms with Gasteiger partial charge in [0.15, 0.2) is 5.43 Å². The smallest absolute Gasteiger partial charge is 0.303 e. The highest BCUT2D eigenvalue weighted by atomic mass is 35.5. The zero-order valence-corrected chi connectivity index (χ0v) is 30.6. The quantitative estimate of drug-likeness (QED) is 0.131. The monoisotopic (exact) mass is 721 g/mol. The van der Waals surface area contributed by atoms with Crippen molar-refractivity contribution in [2.75, 3.05) is 12.4 Å². The molecule has 264 valence electrons. The van der Waals surface area contributed by atoms with E-state index in [9.17, 15) is 14.4 Å². The first kappa shape index (κ1) is 38.4. The maximum Gasteiger partial charge on any atom is 0.303 e. The number of halogens is 3. The van der Waals surface area contributed by atoms with Crippen molar-refractivity contribution in [2.45, 2.75) is 66.3 Å². The molecule has 1 N–H and O–H groups in total. The van der Waals surface area contributed by atoms with E-state index in [1.807, 2.05) is 75.5 Å². The zero-order chi connectivity index (χ0) is 35.5. The summed E-state index contributed by atoms with van der Waals surface area (Å²) in [6.07, 6.45) is 1.72. The Balaban J connectivity index is 0.00000562. The van der Waals surface area contributed by atoms with E-state index >= 15 is 8.78 Å². The van der Waals surface area contributed by atoms with Crippen molar-refractivity contribution in [1.82, 2.24) is 9.47 Å². The van der Waals surface area contributed by atoms with E-state index in [0.29, 0.717) is 34.6 Å². The number of thiophene rings is 1. The van der Waals surface area contributed by atoms with Crippen LogP contribution in [0, 0.1) is 17.6 Å². The number of rotatable bonds is 12. The van der Waals surface area contributed by atoms with Gasteiger partial charge in [0, 0.05) is 60.2 Å². The normalized spacial score (nSPS) is 11.6. The third-order valence-corrected chi connectivity index (χ3v) is 9.49. The SMILES string of the molecule is CC(=O)OC(C)(C)Cc1cn(Cc2c(F)cccc2F)c2sc(-c3ccc(NC(=O)C(C)C)cc3)c(CN(C)Cc3ccccc3)c2c1=O.Cl. The molecule has 3 aromatic carbocycles. The largest absolute Gasteiger partial charge is 0.459 e. The van der Waals surface area contributed by atoms with Gasteiger partial charge in [-0.1, -0.05) is 62.4 Å². The number of amides is 1. The summed E-state index contributed by atoms with van der Waals surface area (Å²) < 4.78 is 37.3. The lowest BCUT2D eigenvalue weighted by Crippen LogP contribution is -2.32. The molecule has 0 radical (unpaired) electrons. The van der Waals surface area contributed by atoms with Gasteiger partial charge in [-0.3, -0.25) is 19.3 Å². The maximum atomic E-state index is 15.0. The van der Waals surface area contributed by atoms with Crippen LogP contribution in [0.5, 0.6) is 0 Å². The van der Waals surface area contributed by atoms with Crippen LogP contribution in [0.25, 0.3) is 20.7 Å². The fourth-order valence-corrected chi connectivity index (χ4v) is 7.22. The molecular formula is C39H42ClF2N3O4S. The second-order valence-electron chi connectivity index (χ2n) is 13.3. The molecule has 0 saturated heterocycles. The minimum Gasteiger partial charge on any atom is -0.459 e. The number of benzene rings is 3. The van der Waals surface area contributed by atoms with Crippen LogP contribution in [0.4, 0.5) is 14.5 Å². The minimum absolute atomic E-state index is 0. The van der Waals surface area contributed by atoms with Gasteiger partial charge in [0.1, 0.15) is 22.1 Å². The number of aromatic nitrogens is 1. The van der Waals surface area contributed by atoms with Crippen molar-refractivity contribution in [3.8, 4) is 10.4 Å². The summed E-state index contributed by atoms with van der Waals surface area (Å²) in [6, 6.07) is 21.2.